The van der Waals surface area contributed by atoms with Crippen LogP contribution >= 0.6 is 15.9 Å². The van der Waals surface area contributed by atoms with E-state index < -0.39 is 4.32 Å². The molecular formula is C15H20BrNO. The number of nitriles is 1. The number of alkyl halides is 1. The first-order valence-electron chi connectivity index (χ1n) is 6.02. The number of allylic oxidation sites excluding steroid dienone is 4. The Morgan fingerprint density at radius 2 is 1.72 bits per heavy atom. The lowest BCUT2D eigenvalue weighted by molar-refractivity contribution is -0.119. The van der Waals surface area contributed by atoms with Gasteiger partial charge in [-0.2, -0.15) is 5.26 Å². The monoisotopic (exact) mass is 309 g/mol. The highest BCUT2D eigenvalue weighted by Crippen LogP contribution is 2.47. The molecule has 0 aromatic heterocycles. The Balaban J connectivity index is 3.49. The van der Waals surface area contributed by atoms with E-state index in [2.05, 4.69) is 22.0 Å². The molecule has 1 aliphatic carbocycles. The molecule has 0 aromatic carbocycles. The molecular weight excluding hydrogens is 290 g/mol. The van der Waals surface area contributed by atoms with Gasteiger partial charge in [-0.3, -0.25) is 4.79 Å². The van der Waals surface area contributed by atoms with Gasteiger partial charge in [-0.15, -0.1) is 0 Å². The predicted octanol–water partition coefficient (Wildman–Crippen LogP) is 4.17. The number of rotatable bonds is 0. The van der Waals surface area contributed by atoms with Crippen LogP contribution in [0.2, 0.25) is 0 Å². The number of carbonyl (C=O) groups is 1. The first-order valence-corrected chi connectivity index (χ1v) is 6.81. The lowest BCUT2D eigenvalue weighted by atomic mass is 9.68. The zero-order valence-corrected chi connectivity index (χ0v) is 13.5. The lowest BCUT2D eigenvalue weighted by Crippen LogP contribution is -2.47. The molecule has 18 heavy (non-hydrogen) atoms. The summed E-state index contributed by atoms with van der Waals surface area (Å²) < 4.78 is -0.803. The molecule has 0 radical (unpaired) electrons. The van der Waals surface area contributed by atoms with Gasteiger partial charge in [0.2, 0.25) is 0 Å². The van der Waals surface area contributed by atoms with Crippen molar-refractivity contribution < 1.29 is 4.79 Å². The molecule has 3 heteroatoms. The maximum Gasteiger partial charge on any atom is 0.180 e. The van der Waals surface area contributed by atoms with Crippen LogP contribution in [0.15, 0.2) is 23.3 Å². The molecule has 1 unspecified atom stereocenters. The first-order chi connectivity index (χ1) is 7.93. The van der Waals surface area contributed by atoms with Crippen molar-refractivity contribution in [3.63, 3.8) is 0 Å². The third-order valence-electron chi connectivity index (χ3n) is 3.26. The topological polar surface area (TPSA) is 40.9 Å². The van der Waals surface area contributed by atoms with Gasteiger partial charge in [0.15, 0.2) is 5.78 Å². The standard InChI is InChI=1S/C15H20BrNO/c1-13(2,3)11-7-10(9-17)8-15(16,12(11)18)14(4,5)6/h7-8H,1-6H3. The number of nitrogens with zero attached hydrogens (tertiary/aromatic N) is 1. The summed E-state index contributed by atoms with van der Waals surface area (Å²) in [6, 6.07) is 2.16. The molecule has 1 atom stereocenters. The smallest absolute Gasteiger partial charge is 0.180 e. The minimum Gasteiger partial charge on any atom is -0.293 e. The quantitative estimate of drug-likeness (QED) is 0.630. The van der Waals surface area contributed by atoms with Crippen LogP contribution in [0.4, 0.5) is 0 Å². The van der Waals surface area contributed by atoms with Crippen LogP contribution in [0.3, 0.4) is 0 Å². The van der Waals surface area contributed by atoms with Gasteiger partial charge in [0, 0.05) is 5.57 Å². The van der Waals surface area contributed by atoms with Crippen molar-refractivity contribution >= 4 is 21.7 Å². The van der Waals surface area contributed by atoms with Gasteiger partial charge in [-0.1, -0.05) is 57.5 Å². The summed E-state index contributed by atoms with van der Waals surface area (Å²) in [5.74, 6) is 0.0569. The SMILES string of the molecule is CC(C)(C)C1=CC(C#N)=CC(Br)(C(C)(C)C)C1=O. The predicted molar refractivity (Wildman–Crippen MR) is 77.4 cm³/mol. The van der Waals surface area contributed by atoms with Crippen molar-refractivity contribution in [1.29, 1.82) is 5.26 Å². The van der Waals surface area contributed by atoms with E-state index in [4.69, 9.17) is 5.26 Å². The Morgan fingerprint density at radius 1 is 1.22 bits per heavy atom. The number of Topliss-reactive ketones (excluding diaryl/α,β-unsaturated/α-hetero) is 1. The van der Waals surface area contributed by atoms with E-state index >= 15 is 0 Å². The second kappa shape index (κ2) is 4.35. The Bertz CT molecular complexity index is 480. The van der Waals surface area contributed by atoms with Crippen molar-refractivity contribution in [2.75, 3.05) is 0 Å². The number of carbonyl (C=O) groups excluding carboxylic acids is 1. The maximum absolute atomic E-state index is 12.7. The van der Waals surface area contributed by atoms with Gasteiger partial charge in [-0.25, -0.2) is 0 Å². The molecule has 0 saturated heterocycles. The van der Waals surface area contributed by atoms with Gasteiger partial charge < -0.3 is 0 Å². The summed E-state index contributed by atoms with van der Waals surface area (Å²) in [6.07, 6.45) is 3.46. The first kappa shape index (κ1) is 15.2. The molecule has 0 N–H and O–H groups in total. The molecule has 1 aliphatic rings. The molecule has 98 valence electrons. The van der Waals surface area contributed by atoms with Gasteiger partial charge in [0.1, 0.15) is 4.32 Å². The zero-order chi connectivity index (χ0) is 14.4. The molecule has 0 spiro atoms. The number of hydrogen-bond donors (Lipinski definition) is 0. The van der Waals surface area contributed by atoms with Gasteiger partial charge in [0.25, 0.3) is 0 Å². The zero-order valence-electron chi connectivity index (χ0n) is 11.9. The van der Waals surface area contributed by atoms with E-state index in [1.807, 2.05) is 41.5 Å². The summed E-state index contributed by atoms with van der Waals surface area (Å²) in [5, 5.41) is 9.16. The van der Waals surface area contributed by atoms with Crippen molar-refractivity contribution in [3.8, 4) is 6.07 Å². The molecule has 0 amide bonds. The van der Waals surface area contributed by atoms with E-state index in [1.54, 1.807) is 12.2 Å². The van der Waals surface area contributed by atoms with E-state index in [0.717, 1.165) is 0 Å². The van der Waals surface area contributed by atoms with Crippen LogP contribution in [0, 0.1) is 22.2 Å². The highest BCUT2D eigenvalue weighted by Gasteiger charge is 2.49. The summed E-state index contributed by atoms with van der Waals surface area (Å²) in [5.41, 5.74) is 0.689. The summed E-state index contributed by atoms with van der Waals surface area (Å²) in [6.45, 7) is 12.0. The van der Waals surface area contributed by atoms with Crippen LogP contribution in [0.1, 0.15) is 41.5 Å². The van der Waals surface area contributed by atoms with Crippen molar-refractivity contribution in [2.45, 2.75) is 45.9 Å². The van der Waals surface area contributed by atoms with Gasteiger partial charge >= 0.3 is 0 Å². The summed E-state index contributed by atoms with van der Waals surface area (Å²) in [4.78, 5) is 12.7. The second-order valence-corrected chi connectivity index (χ2v) is 8.06. The van der Waals surface area contributed by atoms with E-state index in [9.17, 15) is 4.79 Å². The minimum absolute atomic E-state index is 0.0569. The molecule has 0 bridgehead atoms. The minimum atomic E-state index is -0.803. The van der Waals surface area contributed by atoms with Crippen LogP contribution in [-0.4, -0.2) is 10.1 Å². The summed E-state index contributed by atoms with van der Waals surface area (Å²) in [7, 11) is 0. The second-order valence-electron chi connectivity index (χ2n) is 6.81. The van der Waals surface area contributed by atoms with Gasteiger partial charge in [-0.05, 0) is 23.0 Å². The fourth-order valence-corrected chi connectivity index (χ4v) is 2.38. The van der Waals surface area contributed by atoms with Crippen molar-refractivity contribution in [1.82, 2.24) is 0 Å². The lowest BCUT2D eigenvalue weighted by Gasteiger charge is -2.41. The Kier molecular flexibility index (Phi) is 3.66. The van der Waals surface area contributed by atoms with Crippen LogP contribution in [-0.2, 0) is 4.79 Å². The normalized spacial score (nSPS) is 25.3. The fraction of sp³-hybridized carbons (Fsp3) is 0.600. The molecule has 0 aliphatic heterocycles. The van der Waals surface area contributed by atoms with Crippen LogP contribution in [0.25, 0.3) is 0 Å². The molecule has 0 fully saturated rings. The molecule has 1 rings (SSSR count). The van der Waals surface area contributed by atoms with E-state index in [0.29, 0.717) is 11.1 Å². The molecule has 0 heterocycles. The third kappa shape index (κ3) is 2.44. The van der Waals surface area contributed by atoms with Crippen molar-refractivity contribution in [3.05, 3.63) is 23.3 Å². The molecule has 0 aromatic rings. The Hall–Kier alpha value is -0.880. The highest BCUT2D eigenvalue weighted by molar-refractivity contribution is 9.10. The third-order valence-corrected chi connectivity index (χ3v) is 5.04. The van der Waals surface area contributed by atoms with Crippen LogP contribution < -0.4 is 0 Å². The van der Waals surface area contributed by atoms with E-state index in [1.165, 1.54) is 0 Å². The Labute approximate surface area is 118 Å². The largest absolute Gasteiger partial charge is 0.293 e. The maximum atomic E-state index is 12.7. The van der Waals surface area contributed by atoms with Crippen LogP contribution in [0.5, 0.6) is 0 Å². The number of hydrogen-bond acceptors (Lipinski definition) is 2. The summed E-state index contributed by atoms with van der Waals surface area (Å²) >= 11 is 3.58. The van der Waals surface area contributed by atoms with E-state index in [-0.39, 0.29) is 16.6 Å². The Morgan fingerprint density at radius 3 is 2.06 bits per heavy atom. The fourth-order valence-electron chi connectivity index (χ4n) is 1.92. The average molecular weight is 310 g/mol. The molecule has 0 saturated carbocycles. The van der Waals surface area contributed by atoms with Gasteiger partial charge in [0.05, 0.1) is 11.6 Å². The average Bonchev–Trinajstić information content (AvgIpc) is 2.18. The highest BCUT2D eigenvalue weighted by atomic mass is 79.9. The molecule has 2 nitrogen and oxygen atoms in total. The van der Waals surface area contributed by atoms with Crippen molar-refractivity contribution in [2.24, 2.45) is 10.8 Å². The number of halogens is 1. The number of ketones is 1.